The molecule has 1 heterocycles. The molecule has 6 atom stereocenters. The third-order valence-electron chi connectivity index (χ3n) is 8.70. The van der Waals surface area contributed by atoms with Crippen molar-refractivity contribution in [2.24, 2.45) is 34.5 Å². The molecule has 0 aromatic heterocycles. The van der Waals surface area contributed by atoms with Crippen LogP contribution in [-0.2, 0) is 14.3 Å². The predicted octanol–water partition coefficient (Wildman–Crippen LogP) is 4.28. The van der Waals surface area contributed by atoms with Gasteiger partial charge >= 0.3 is 0 Å². The van der Waals surface area contributed by atoms with Crippen LogP contribution in [-0.4, -0.2) is 24.8 Å². The first-order valence-corrected chi connectivity index (χ1v) is 10.1. The second-order valence-corrected chi connectivity index (χ2v) is 9.60. The summed E-state index contributed by atoms with van der Waals surface area (Å²) < 4.78 is 12.5. The highest BCUT2D eigenvalue weighted by Crippen LogP contribution is 2.69. The Kier molecular flexibility index (Phi) is 3.30. The Labute approximate surface area is 150 Å². The van der Waals surface area contributed by atoms with Crippen molar-refractivity contribution in [1.82, 2.24) is 0 Å². The molecule has 4 aliphatic carbocycles. The lowest BCUT2D eigenvalue weighted by atomic mass is 9.46. The number of carbonyl (C=O) groups is 1. The fourth-order valence-corrected chi connectivity index (χ4v) is 7.44. The number of hydrogen-bond acceptors (Lipinski definition) is 3. The Morgan fingerprint density at radius 2 is 1.80 bits per heavy atom. The molecule has 3 heteroatoms. The van der Waals surface area contributed by atoms with Gasteiger partial charge in [0.15, 0.2) is 11.6 Å². The lowest BCUT2D eigenvalue weighted by Crippen LogP contribution is -2.56. The van der Waals surface area contributed by atoms with Gasteiger partial charge in [0.05, 0.1) is 13.2 Å². The van der Waals surface area contributed by atoms with Gasteiger partial charge in [-0.05, 0) is 61.5 Å². The van der Waals surface area contributed by atoms with Crippen LogP contribution in [0.25, 0.3) is 0 Å². The summed E-state index contributed by atoms with van der Waals surface area (Å²) in [6, 6.07) is 0. The monoisotopic (exact) mass is 342 g/mol. The number of fused-ring (bicyclic) bond motifs is 6. The van der Waals surface area contributed by atoms with Crippen LogP contribution in [0.4, 0.5) is 0 Å². The Morgan fingerprint density at radius 1 is 1.08 bits per heavy atom. The zero-order valence-corrected chi connectivity index (χ0v) is 15.7. The average molecular weight is 342 g/mol. The highest BCUT2D eigenvalue weighted by atomic mass is 16.7. The van der Waals surface area contributed by atoms with E-state index in [-0.39, 0.29) is 22.4 Å². The Balaban J connectivity index is 1.54. The second-order valence-electron chi connectivity index (χ2n) is 9.60. The van der Waals surface area contributed by atoms with Crippen molar-refractivity contribution < 1.29 is 14.3 Å². The average Bonchev–Trinajstić information content (AvgIpc) is 3.17. The van der Waals surface area contributed by atoms with E-state index in [1.807, 2.05) is 12.2 Å². The van der Waals surface area contributed by atoms with Gasteiger partial charge in [0.2, 0.25) is 0 Å². The Morgan fingerprint density at radius 3 is 2.56 bits per heavy atom. The summed E-state index contributed by atoms with van der Waals surface area (Å²) in [6.07, 6.45) is 11.7. The van der Waals surface area contributed by atoms with Crippen molar-refractivity contribution in [3.8, 4) is 0 Å². The molecule has 1 saturated heterocycles. The maximum absolute atomic E-state index is 11.9. The number of allylic oxidation sites excluding steroid dienone is 4. The van der Waals surface area contributed by atoms with E-state index in [4.69, 9.17) is 9.47 Å². The molecule has 0 radical (unpaired) electrons. The van der Waals surface area contributed by atoms with Crippen molar-refractivity contribution >= 4 is 5.78 Å². The van der Waals surface area contributed by atoms with E-state index in [9.17, 15) is 4.79 Å². The van der Waals surface area contributed by atoms with Gasteiger partial charge in [-0.3, -0.25) is 4.79 Å². The third kappa shape index (κ3) is 1.92. The second kappa shape index (κ2) is 5.07. The van der Waals surface area contributed by atoms with Crippen LogP contribution < -0.4 is 0 Å². The predicted molar refractivity (Wildman–Crippen MR) is 95.8 cm³/mol. The molecule has 0 amide bonds. The number of ketones is 1. The number of rotatable bonds is 0. The van der Waals surface area contributed by atoms with Gasteiger partial charge in [0.1, 0.15) is 0 Å². The van der Waals surface area contributed by atoms with Crippen molar-refractivity contribution in [3.63, 3.8) is 0 Å². The number of hydrogen-bond donors (Lipinski definition) is 0. The minimum atomic E-state index is -0.322. The highest BCUT2D eigenvalue weighted by Gasteiger charge is 2.67. The lowest BCUT2D eigenvalue weighted by molar-refractivity contribution is -0.244. The van der Waals surface area contributed by atoms with Gasteiger partial charge in [-0.15, -0.1) is 0 Å². The molecule has 0 unspecified atom stereocenters. The van der Waals surface area contributed by atoms with Crippen LogP contribution in [0.15, 0.2) is 23.8 Å². The van der Waals surface area contributed by atoms with E-state index in [0.717, 1.165) is 26.1 Å². The van der Waals surface area contributed by atoms with E-state index >= 15 is 0 Å². The normalized spacial score (nSPS) is 50.4. The van der Waals surface area contributed by atoms with Gasteiger partial charge in [-0.2, -0.15) is 0 Å². The molecule has 0 aromatic carbocycles. The van der Waals surface area contributed by atoms with Gasteiger partial charge in [0, 0.05) is 17.3 Å². The summed E-state index contributed by atoms with van der Waals surface area (Å²) in [5, 5.41) is 0. The quantitative estimate of drug-likeness (QED) is 0.659. The highest BCUT2D eigenvalue weighted by molar-refractivity contribution is 6.01. The fourth-order valence-electron chi connectivity index (χ4n) is 7.44. The number of ether oxygens (including phenoxy) is 2. The Hall–Kier alpha value is -0.930. The fraction of sp³-hybridized carbons (Fsp3) is 0.773. The minimum Gasteiger partial charge on any atom is -0.347 e. The van der Waals surface area contributed by atoms with Crippen LogP contribution >= 0.6 is 0 Å². The van der Waals surface area contributed by atoms with Gasteiger partial charge < -0.3 is 9.47 Å². The van der Waals surface area contributed by atoms with E-state index in [1.165, 1.54) is 24.8 Å². The lowest BCUT2D eigenvalue weighted by Gasteiger charge is -2.59. The molecule has 1 aliphatic heterocycles. The van der Waals surface area contributed by atoms with Crippen LogP contribution in [0.5, 0.6) is 0 Å². The van der Waals surface area contributed by atoms with Crippen LogP contribution in [0.3, 0.4) is 0 Å². The molecule has 5 aliphatic rings. The SMILES string of the molecule is C[C@@H]1CC2=CC(=O)C=C[C@]2(C)[C@H]2CC[C@@]3(C)[C@@H](CCC34OCCO4)[C@H]12. The summed E-state index contributed by atoms with van der Waals surface area (Å²) in [5.41, 5.74) is 1.59. The topological polar surface area (TPSA) is 35.5 Å². The maximum atomic E-state index is 11.9. The third-order valence-corrected chi connectivity index (χ3v) is 8.70. The maximum Gasteiger partial charge on any atom is 0.178 e. The standard InChI is InChI=1S/C22H30O3/c1-14-12-15-13-16(23)4-7-20(15,2)17-5-8-21(3)18(19(14)17)6-9-22(21)24-10-11-25-22/h4,7,13-14,17-19H,5-6,8-12H2,1-3H3/t14-,17+,18+,19-,20+,21+/m1/s1. The first-order chi connectivity index (χ1) is 11.9. The molecule has 0 aromatic rings. The summed E-state index contributed by atoms with van der Waals surface area (Å²) in [5.74, 6) is 2.49. The molecule has 3 nitrogen and oxygen atoms in total. The van der Waals surface area contributed by atoms with E-state index in [0.29, 0.717) is 23.7 Å². The summed E-state index contributed by atoms with van der Waals surface area (Å²) in [6.45, 7) is 8.73. The molecule has 136 valence electrons. The molecule has 0 bridgehead atoms. The van der Waals surface area contributed by atoms with Crippen molar-refractivity contribution in [2.75, 3.05) is 13.2 Å². The first kappa shape index (κ1) is 16.3. The van der Waals surface area contributed by atoms with Crippen molar-refractivity contribution in [2.45, 2.75) is 58.7 Å². The molecular weight excluding hydrogens is 312 g/mol. The van der Waals surface area contributed by atoms with Gasteiger partial charge in [-0.25, -0.2) is 0 Å². The molecule has 4 fully saturated rings. The van der Waals surface area contributed by atoms with Gasteiger partial charge in [-0.1, -0.05) is 32.4 Å². The Bertz CT molecular complexity index is 671. The molecule has 5 rings (SSSR count). The van der Waals surface area contributed by atoms with Crippen LogP contribution in [0, 0.1) is 34.5 Å². The van der Waals surface area contributed by atoms with Gasteiger partial charge in [0.25, 0.3) is 0 Å². The zero-order valence-electron chi connectivity index (χ0n) is 15.7. The first-order valence-electron chi connectivity index (χ1n) is 10.1. The molecule has 0 N–H and O–H groups in total. The zero-order chi connectivity index (χ0) is 17.4. The van der Waals surface area contributed by atoms with E-state index in [1.54, 1.807) is 0 Å². The van der Waals surface area contributed by atoms with Crippen LogP contribution in [0.1, 0.15) is 52.9 Å². The van der Waals surface area contributed by atoms with Crippen molar-refractivity contribution in [3.05, 3.63) is 23.8 Å². The van der Waals surface area contributed by atoms with Crippen molar-refractivity contribution in [1.29, 1.82) is 0 Å². The minimum absolute atomic E-state index is 0.0690. The van der Waals surface area contributed by atoms with Crippen LogP contribution in [0.2, 0.25) is 0 Å². The molecule has 3 saturated carbocycles. The summed E-state index contributed by atoms with van der Waals surface area (Å²) in [4.78, 5) is 11.9. The number of carbonyl (C=O) groups excluding carboxylic acids is 1. The molecular formula is C22H30O3. The smallest absolute Gasteiger partial charge is 0.178 e. The largest absolute Gasteiger partial charge is 0.347 e. The molecule has 1 spiro atoms. The molecule has 25 heavy (non-hydrogen) atoms. The van der Waals surface area contributed by atoms with E-state index in [2.05, 4.69) is 26.8 Å². The van der Waals surface area contributed by atoms with E-state index < -0.39 is 0 Å². The summed E-state index contributed by atoms with van der Waals surface area (Å²) in [7, 11) is 0. The summed E-state index contributed by atoms with van der Waals surface area (Å²) >= 11 is 0.